The molecule has 0 saturated heterocycles. The fourth-order valence-corrected chi connectivity index (χ4v) is 2.47. The average Bonchev–Trinajstić information content (AvgIpc) is 2.46. The zero-order chi connectivity index (χ0) is 13.7. The van der Waals surface area contributed by atoms with E-state index in [9.17, 15) is 8.76 Å². The van der Waals surface area contributed by atoms with E-state index in [2.05, 4.69) is 4.72 Å². The second-order valence-corrected chi connectivity index (χ2v) is 4.88. The van der Waals surface area contributed by atoms with Crippen molar-refractivity contribution in [2.45, 2.75) is 12.1 Å². The monoisotopic (exact) mass is 275 g/mol. The van der Waals surface area contributed by atoms with Crippen LogP contribution in [-0.2, 0) is 11.3 Å². The number of hydrogen-bond donors (Lipinski definition) is 2. The third kappa shape index (κ3) is 3.71. The summed E-state index contributed by atoms with van der Waals surface area (Å²) in [6.45, 7) is 0. The Morgan fingerprint density at radius 3 is 1.89 bits per heavy atom. The Balaban J connectivity index is 2.30. The molecule has 2 rings (SSSR count). The van der Waals surface area contributed by atoms with Crippen LogP contribution in [0.5, 0.6) is 0 Å². The molecule has 0 aromatic heterocycles. The van der Waals surface area contributed by atoms with Crippen molar-refractivity contribution >= 4 is 11.3 Å². The summed E-state index contributed by atoms with van der Waals surface area (Å²) >= 11 is -2.37. The standard InChI is InChI=1S/C14H16N2O2S/c15-13(11-7-3-1-4-8-11)14(16-19(17)18)12-9-5-2-6-10-12/h1-10,13-14,16H,15H2,(H,17,18)/p-1. The minimum atomic E-state index is -2.37. The average molecular weight is 275 g/mol. The zero-order valence-electron chi connectivity index (χ0n) is 10.2. The largest absolute Gasteiger partial charge is 0.760 e. The van der Waals surface area contributed by atoms with Crippen molar-refractivity contribution < 1.29 is 8.76 Å². The van der Waals surface area contributed by atoms with Gasteiger partial charge in [0, 0.05) is 11.3 Å². The van der Waals surface area contributed by atoms with Gasteiger partial charge in [-0.3, -0.25) is 4.21 Å². The molecule has 3 unspecified atom stereocenters. The van der Waals surface area contributed by atoms with Gasteiger partial charge in [-0.2, -0.15) is 0 Å². The van der Waals surface area contributed by atoms with E-state index in [0.29, 0.717) is 0 Å². The van der Waals surface area contributed by atoms with Gasteiger partial charge < -0.3 is 10.3 Å². The lowest BCUT2D eigenvalue weighted by atomic mass is 9.95. The van der Waals surface area contributed by atoms with Crippen LogP contribution >= 0.6 is 0 Å². The van der Waals surface area contributed by atoms with Crippen LogP contribution in [0.1, 0.15) is 23.2 Å². The quantitative estimate of drug-likeness (QED) is 0.817. The minimum absolute atomic E-state index is 0.443. The van der Waals surface area contributed by atoms with E-state index in [4.69, 9.17) is 5.73 Å². The topological polar surface area (TPSA) is 78.2 Å². The summed E-state index contributed by atoms with van der Waals surface area (Å²) < 4.78 is 24.4. The summed E-state index contributed by atoms with van der Waals surface area (Å²) in [6.07, 6.45) is 0. The van der Waals surface area contributed by atoms with Gasteiger partial charge in [-0.1, -0.05) is 60.7 Å². The molecular weight excluding hydrogens is 260 g/mol. The highest BCUT2D eigenvalue weighted by atomic mass is 32.2. The van der Waals surface area contributed by atoms with Gasteiger partial charge in [-0.05, 0) is 11.1 Å². The van der Waals surface area contributed by atoms with E-state index in [1.54, 1.807) is 0 Å². The van der Waals surface area contributed by atoms with E-state index >= 15 is 0 Å². The molecular formula is C14H15N2O2S-. The van der Waals surface area contributed by atoms with Gasteiger partial charge in [0.15, 0.2) is 0 Å². The van der Waals surface area contributed by atoms with Gasteiger partial charge in [0.05, 0.1) is 12.1 Å². The Kier molecular flexibility index (Phi) is 4.81. The summed E-state index contributed by atoms with van der Waals surface area (Å²) in [6, 6.07) is 17.8. The van der Waals surface area contributed by atoms with Crippen molar-refractivity contribution in [1.29, 1.82) is 0 Å². The van der Waals surface area contributed by atoms with E-state index in [0.717, 1.165) is 11.1 Å². The maximum atomic E-state index is 11.0. The fraction of sp³-hybridized carbons (Fsp3) is 0.143. The Morgan fingerprint density at radius 1 is 0.947 bits per heavy atom. The molecule has 0 heterocycles. The van der Waals surface area contributed by atoms with Crippen LogP contribution in [0.25, 0.3) is 0 Å². The van der Waals surface area contributed by atoms with Gasteiger partial charge in [-0.15, -0.1) is 0 Å². The molecule has 2 aromatic carbocycles. The van der Waals surface area contributed by atoms with Crippen LogP contribution in [0.3, 0.4) is 0 Å². The lowest BCUT2D eigenvalue weighted by Crippen LogP contribution is -2.32. The molecule has 0 saturated carbocycles. The number of benzene rings is 2. The first kappa shape index (κ1) is 13.9. The maximum absolute atomic E-state index is 11.0. The van der Waals surface area contributed by atoms with Crippen LogP contribution in [0.2, 0.25) is 0 Å². The zero-order valence-corrected chi connectivity index (χ0v) is 11.0. The molecule has 100 valence electrons. The Morgan fingerprint density at radius 2 is 1.42 bits per heavy atom. The van der Waals surface area contributed by atoms with Crippen molar-refractivity contribution in [3.05, 3.63) is 71.8 Å². The van der Waals surface area contributed by atoms with Crippen molar-refractivity contribution in [2.24, 2.45) is 5.73 Å². The highest BCUT2D eigenvalue weighted by Crippen LogP contribution is 2.26. The molecule has 0 aliphatic carbocycles. The fourth-order valence-electron chi connectivity index (χ4n) is 1.98. The molecule has 0 spiro atoms. The summed E-state index contributed by atoms with van der Waals surface area (Å²) in [5.74, 6) is 0. The summed E-state index contributed by atoms with van der Waals surface area (Å²) in [5.41, 5.74) is 7.90. The summed E-state index contributed by atoms with van der Waals surface area (Å²) in [4.78, 5) is 0. The maximum Gasteiger partial charge on any atom is 0.0626 e. The molecule has 0 amide bonds. The Bertz CT molecular complexity index is 534. The predicted molar refractivity (Wildman–Crippen MR) is 74.6 cm³/mol. The van der Waals surface area contributed by atoms with E-state index in [1.807, 2.05) is 60.7 Å². The second kappa shape index (κ2) is 6.58. The van der Waals surface area contributed by atoms with Crippen molar-refractivity contribution in [3.8, 4) is 0 Å². The van der Waals surface area contributed by atoms with E-state index in [-0.39, 0.29) is 0 Å². The van der Waals surface area contributed by atoms with E-state index < -0.39 is 23.4 Å². The predicted octanol–water partition coefficient (Wildman–Crippen LogP) is 1.81. The normalized spacial score (nSPS) is 15.7. The smallest absolute Gasteiger partial charge is 0.0626 e. The van der Waals surface area contributed by atoms with Gasteiger partial charge in [0.25, 0.3) is 0 Å². The first-order valence-corrected chi connectivity index (χ1v) is 6.97. The Labute approximate surface area is 115 Å². The second-order valence-electron chi connectivity index (χ2n) is 4.18. The number of nitrogens with two attached hydrogens (primary N) is 1. The molecule has 2 aromatic rings. The summed E-state index contributed by atoms with van der Waals surface area (Å²) in [7, 11) is 0. The van der Waals surface area contributed by atoms with Crippen LogP contribution < -0.4 is 10.5 Å². The van der Waals surface area contributed by atoms with E-state index in [1.165, 1.54) is 0 Å². The first-order valence-electron chi connectivity index (χ1n) is 5.89. The highest BCUT2D eigenvalue weighted by Gasteiger charge is 2.20. The Hall–Kier alpha value is -1.53. The molecule has 5 heteroatoms. The third-order valence-electron chi connectivity index (χ3n) is 2.93. The molecule has 0 bridgehead atoms. The molecule has 3 N–H and O–H groups in total. The van der Waals surface area contributed by atoms with Crippen LogP contribution in [0.15, 0.2) is 60.7 Å². The molecule has 3 atom stereocenters. The minimum Gasteiger partial charge on any atom is -0.760 e. The van der Waals surface area contributed by atoms with Gasteiger partial charge in [0.1, 0.15) is 0 Å². The van der Waals surface area contributed by atoms with Crippen molar-refractivity contribution in [2.75, 3.05) is 0 Å². The molecule has 0 radical (unpaired) electrons. The summed E-state index contributed by atoms with van der Waals surface area (Å²) in [5, 5.41) is 0. The molecule has 0 aliphatic rings. The lowest BCUT2D eigenvalue weighted by molar-refractivity contribution is 0.475. The third-order valence-corrected chi connectivity index (χ3v) is 3.37. The number of rotatable bonds is 5. The molecule has 0 aliphatic heterocycles. The van der Waals surface area contributed by atoms with Crippen LogP contribution in [0, 0.1) is 0 Å². The molecule has 4 nitrogen and oxygen atoms in total. The number of nitrogens with one attached hydrogen (secondary N) is 1. The SMILES string of the molecule is NC(c1ccccc1)C(NS(=O)[O-])c1ccccc1. The molecule has 0 fully saturated rings. The first-order chi connectivity index (χ1) is 9.18. The van der Waals surface area contributed by atoms with Gasteiger partial charge in [0.2, 0.25) is 0 Å². The van der Waals surface area contributed by atoms with Crippen molar-refractivity contribution in [3.63, 3.8) is 0 Å². The van der Waals surface area contributed by atoms with Crippen molar-refractivity contribution in [1.82, 2.24) is 4.72 Å². The van der Waals surface area contributed by atoms with Crippen LogP contribution in [-0.4, -0.2) is 8.76 Å². The van der Waals surface area contributed by atoms with Crippen LogP contribution in [0.4, 0.5) is 0 Å². The highest BCUT2D eigenvalue weighted by molar-refractivity contribution is 7.77. The lowest BCUT2D eigenvalue weighted by Gasteiger charge is -2.26. The molecule has 19 heavy (non-hydrogen) atoms. The van der Waals surface area contributed by atoms with Gasteiger partial charge >= 0.3 is 0 Å². The van der Waals surface area contributed by atoms with Gasteiger partial charge in [-0.25, -0.2) is 4.72 Å². The number of hydrogen-bond acceptors (Lipinski definition) is 3.